The third-order valence-electron chi connectivity index (χ3n) is 3.45. The summed E-state index contributed by atoms with van der Waals surface area (Å²) in [7, 11) is 0. The lowest BCUT2D eigenvalue weighted by Gasteiger charge is -2.11. The van der Waals surface area contributed by atoms with Crippen molar-refractivity contribution in [3.05, 3.63) is 52.8 Å². The molecule has 3 heteroatoms. The standard InChI is InChI=1S/C16H17ClN2/c1-11-2-3-12(9-18-11)16-7-4-14(17)8-13(16)10-19-15-5-6-15/h2-4,7-9,15,19H,5-6,10H2,1H3. The number of hydrogen-bond acceptors (Lipinski definition) is 2. The molecular weight excluding hydrogens is 256 g/mol. The van der Waals surface area contributed by atoms with Gasteiger partial charge < -0.3 is 5.32 Å². The highest BCUT2D eigenvalue weighted by atomic mass is 35.5. The molecule has 3 rings (SSSR count). The van der Waals surface area contributed by atoms with Crippen molar-refractivity contribution in [2.75, 3.05) is 0 Å². The molecule has 1 aromatic carbocycles. The second-order valence-corrected chi connectivity index (χ2v) is 5.58. The van der Waals surface area contributed by atoms with E-state index in [1.165, 1.54) is 24.0 Å². The van der Waals surface area contributed by atoms with Crippen LogP contribution < -0.4 is 5.32 Å². The molecule has 0 spiro atoms. The van der Waals surface area contributed by atoms with E-state index in [2.05, 4.69) is 22.4 Å². The number of nitrogens with zero attached hydrogens (tertiary/aromatic N) is 1. The number of aromatic nitrogens is 1. The third-order valence-corrected chi connectivity index (χ3v) is 3.68. The van der Waals surface area contributed by atoms with Crippen LogP contribution in [0.5, 0.6) is 0 Å². The second kappa shape index (κ2) is 5.32. The summed E-state index contributed by atoms with van der Waals surface area (Å²) in [5.74, 6) is 0. The SMILES string of the molecule is Cc1ccc(-c2ccc(Cl)cc2CNC2CC2)cn1. The maximum atomic E-state index is 6.12. The van der Waals surface area contributed by atoms with Gasteiger partial charge in [-0.05, 0) is 49.1 Å². The van der Waals surface area contributed by atoms with Gasteiger partial charge in [0.05, 0.1) is 0 Å². The lowest BCUT2D eigenvalue weighted by molar-refractivity contribution is 0.689. The predicted molar refractivity (Wildman–Crippen MR) is 79.3 cm³/mol. The molecule has 0 atom stereocenters. The average molecular weight is 273 g/mol. The Morgan fingerprint density at radius 2 is 2.11 bits per heavy atom. The van der Waals surface area contributed by atoms with Crippen LogP contribution in [-0.2, 0) is 6.54 Å². The Kier molecular flexibility index (Phi) is 3.54. The molecule has 1 aliphatic carbocycles. The van der Waals surface area contributed by atoms with Gasteiger partial charge in [-0.25, -0.2) is 0 Å². The fourth-order valence-electron chi connectivity index (χ4n) is 2.16. The zero-order chi connectivity index (χ0) is 13.2. The van der Waals surface area contributed by atoms with Crippen LogP contribution in [0, 0.1) is 6.92 Å². The molecule has 98 valence electrons. The average Bonchev–Trinajstić information content (AvgIpc) is 3.22. The molecule has 1 heterocycles. The molecule has 2 aromatic rings. The van der Waals surface area contributed by atoms with E-state index in [1.54, 1.807) is 0 Å². The predicted octanol–water partition coefficient (Wildman–Crippen LogP) is 3.96. The highest BCUT2D eigenvalue weighted by molar-refractivity contribution is 6.30. The highest BCUT2D eigenvalue weighted by Gasteiger charge is 2.20. The van der Waals surface area contributed by atoms with Gasteiger partial charge in [0.15, 0.2) is 0 Å². The molecule has 1 aromatic heterocycles. The summed E-state index contributed by atoms with van der Waals surface area (Å²) in [6.45, 7) is 2.87. The summed E-state index contributed by atoms with van der Waals surface area (Å²) in [6.07, 6.45) is 4.52. The van der Waals surface area contributed by atoms with Gasteiger partial charge in [0, 0.05) is 35.1 Å². The van der Waals surface area contributed by atoms with E-state index in [0.29, 0.717) is 6.04 Å². The Bertz CT molecular complexity index is 574. The molecule has 0 amide bonds. The largest absolute Gasteiger partial charge is 0.310 e. The molecule has 1 saturated carbocycles. The van der Waals surface area contributed by atoms with Crippen molar-refractivity contribution in [2.45, 2.75) is 32.4 Å². The normalized spacial score (nSPS) is 14.6. The van der Waals surface area contributed by atoms with Crippen molar-refractivity contribution in [2.24, 2.45) is 0 Å². The molecule has 0 radical (unpaired) electrons. The van der Waals surface area contributed by atoms with Crippen LogP contribution in [0.4, 0.5) is 0 Å². The van der Waals surface area contributed by atoms with E-state index in [9.17, 15) is 0 Å². The first-order valence-corrected chi connectivity index (χ1v) is 7.05. The number of nitrogens with one attached hydrogen (secondary N) is 1. The van der Waals surface area contributed by atoms with Crippen LogP contribution in [0.1, 0.15) is 24.1 Å². The number of pyridine rings is 1. The summed E-state index contributed by atoms with van der Waals surface area (Å²) in [6, 6.07) is 10.9. The Morgan fingerprint density at radius 3 is 2.79 bits per heavy atom. The molecule has 0 bridgehead atoms. The lowest BCUT2D eigenvalue weighted by atomic mass is 10.0. The van der Waals surface area contributed by atoms with Crippen molar-refractivity contribution in [3.63, 3.8) is 0 Å². The van der Waals surface area contributed by atoms with Crippen LogP contribution in [0.15, 0.2) is 36.5 Å². The number of hydrogen-bond donors (Lipinski definition) is 1. The van der Waals surface area contributed by atoms with Crippen LogP contribution >= 0.6 is 11.6 Å². The van der Waals surface area contributed by atoms with Gasteiger partial charge in [-0.1, -0.05) is 23.7 Å². The van der Waals surface area contributed by atoms with Crippen LogP contribution in [-0.4, -0.2) is 11.0 Å². The molecule has 0 unspecified atom stereocenters. The van der Waals surface area contributed by atoms with Gasteiger partial charge in [0.25, 0.3) is 0 Å². The van der Waals surface area contributed by atoms with Gasteiger partial charge in [0.1, 0.15) is 0 Å². The zero-order valence-corrected chi connectivity index (χ0v) is 11.7. The first kappa shape index (κ1) is 12.6. The maximum Gasteiger partial charge on any atom is 0.0409 e. The fourth-order valence-corrected chi connectivity index (χ4v) is 2.35. The van der Waals surface area contributed by atoms with Gasteiger partial charge in [-0.15, -0.1) is 0 Å². The van der Waals surface area contributed by atoms with Crippen molar-refractivity contribution < 1.29 is 0 Å². The minimum Gasteiger partial charge on any atom is -0.310 e. The Balaban J connectivity index is 1.91. The summed E-state index contributed by atoms with van der Waals surface area (Å²) in [4.78, 5) is 4.37. The summed E-state index contributed by atoms with van der Waals surface area (Å²) < 4.78 is 0. The minimum atomic E-state index is 0.697. The van der Waals surface area contributed by atoms with Crippen molar-refractivity contribution >= 4 is 11.6 Å². The number of halogens is 1. The quantitative estimate of drug-likeness (QED) is 0.911. The molecule has 0 saturated heterocycles. The van der Waals surface area contributed by atoms with Crippen molar-refractivity contribution in [3.8, 4) is 11.1 Å². The van der Waals surface area contributed by atoms with E-state index in [1.807, 2.05) is 31.3 Å². The summed E-state index contributed by atoms with van der Waals surface area (Å²) in [5, 5.41) is 4.33. The van der Waals surface area contributed by atoms with Gasteiger partial charge in [0.2, 0.25) is 0 Å². The van der Waals surface area contributed by atoms with E-state index >= 15 is 0 Å². The number of benzene rings is 1. The fraction of sp³-hybridized carbons (Fsp3) is 0.312. The van der Waals surface area contributed by atoms with Crippen LogP contribution in [0.3, 0.4) is 0 Å². The van der Waals surface area contributed by atoms with Gasteiger partial charge in [-0.3, -0.25) is 4.98 Å². The third kappa shape index (κ3) is 3.14. The zero-order valence-electron chi connectivity index (χ0n) is 11.0. The monoisotopic (exact) mass is 272 g/mol. The second-order valence-electron chi connectivity index (χ2n) is 5.14. The topological polar surface area (TPSA) is 24.9 Å². The summed E-state index contributed by atoms with van der Waals surface area (Å²) >= 11 is 6.12. The van der Waals surface area contributed by atoms with E-state index in [0.717, 1.165) is 22.8 Å². The van der Waals surface area contributed by atoms with Crippen LogP contribution in [0.25, 0.3) is 11.1 Å². The smallest absolute Gasteiger partial charge is 0.0409 e. The molecule has 1 fully saturated rings. The number of rotatable bonds is 4. The van der Waals surface area contributed by atoms with Crippen molar-refractivity contribution in [1.29, 1.82) is 0 Å². The van der Waals surface area contributed by atoms with E-state index < -0.39 is 0 Å². The van der Waals surface area contributed by atoms with Gasteiger partial charge >= 0.3 is 0 Å². The van der Waals surface area contributed by atoms with E-state index in [-0.39, 0.29) is 0 Å². The van der Waals surface area contributed by atoms with Crippen LogP contribution in [0.2, 0.25) is 5.02 Å². The Hall–Kier alpha value is -1.38. The molecule has 19 heavy (non-hydrogen) atoms. The molecule has 1 aliphatic rings. The first-order valence-electron chi connectivity index (χ1n) is 6.67. The molecule has 1 N–H and O–H groups in total. The highest BCUT2D eigenvalue weighted by Crippen LogP contribution is 2.27. The lowest BCUT2D eigenvalue weighted by Crippen LogP contribution is -2.15. The number of aryl methyl sites for hydroxylation is 1. The first-order chi connectivity index (χ1) is 9.22. The van der Waals surface area contributed by atoms with E-state index in [4.69, 9.17) is 11.6 Å². The minimum absolute atomic E-state index is 0.697. The summed E-state index contributed by atoms with van der Waals surface area (Å²) in [5.41, 5.74) is 4.64. The maximum absolute atomic E-state index is 6.12. The molecule has 2 nitrogen and oxygen atoms in total. The van der Waals surface area contributed by atoms with Crippen molar-refractivity contribution in [1.82, 2.24) is 10.3 Å². The van der Waals surface area contributed by atoms with Gasteiger partial charge in [-0.2, -0.15) is 0 Å². The molecule has 0 aliphatic heterocycles. The molecular formula is C16H17ClN2. The Labute approximate surface area is 118 Å². The Morgan fingerprint density at radius 1 is 1.26 bits per heavy atom.